The molecule has 0 spiro atoms. The van der Waals surface area contributed by atoms with E-state index in [4.69, 9.17) is 15.2 Å². The number of nitro groups is 1. The molecule has 0 aromatic heterocycles. The molecule has 0 unspecified atom stereocenters. The summed E-state index contributed by atoms with van der Waals surface area (Å²) in [5.41, 5.74) is 3.54. The Morgan fingerprint density at radius 2 is 1.83 bits per heavy atom. The third-order valence-electron chi connectivity index (χ3n) is 2.72. The number of nitro benzene ring substituents is 1. The lowest BCUT2D eigenvalue weighted by molar-refractivity contribution is -0.384. The van der Waals surface area contributed by atoms with Crippen molar-refractivity contribution in [1.29, 1.82) is 0 Å². The van der Waals surface area contributed by atoms with Gasteiger partial charge in [-0.15, -0.1) is 0 Å². The Kier molecular flexibility index (Phi) is 7.72. The summed E-state index contributed by atoms with van der Waals surface area (Å²) in [5, 5.41) is 13.6. The van der Waals surface area contributed by atoms with E-state index in [1.807, 2.05) is 0 Å². The van der Waals surface area contributed by atoms with Gasteiger partial charge in [-0.05, 0) is 12.1 Å². The summed E-state index contributed by atoms with van der Waals surface area (Å²) in [6, 6.07) is 2.33. The molecule has 0 amide bonds. The average molecular weight is 337 g/mol. The molecule has 10 heteroatoms. The Morgan fingerprint density at radius 1 is 1.17 bits per heavy atom. The van der Waals surface area contributed by atoms with Crippen LogP contribution in [0, 0.1) is 10.1 Å². The van der Waals surface area contributed by atoms with E-state index in [-0.39, 0.29) is 18.8 Å². The summed E-state index contributed by atoms with van der Waals surface area (Å²) in [6.45, 7) is 1.99. The second-order valence-corrected chi connectivity index (χ2v) is 4.43. The number of halogens is 3. The number of nitrogens with one attached hydrogen (secondary N) is 1. The van der Waals surface area contributed by atoms with Gasteiger partial charge in [-0.3, -0.25) is 10.1 Å². The van der Waals surface area contributed by atoms with Gasteiger partial charge in [-0.2, -0.15) is 13.2 Å². The maximum Gasteiger partial charge on any atom is 0.416 e. The Hall–Kier alpha value is -1.91. The molecule has 0 aliphatic rings. The van der Waals surface area contributed by atoms with Crippen LogP contribution in [-0.4, -0.2) is 44.4 Å². The molecule has 0 atom stereocenters. The molecule has 0 heterocycles. The van der Waals surface area contributed by atoms with E-state index in [0.717, 1.165) is 12.1 Å². The average Bonchev–Trinajstić information content (AvgIpc) is 2.48. The van der Waals surface area contributed by atoms with Crippen LogP contribution < -0.4 is 11.1 Å². The van der Waals surface area contributed by atoms with Crippen LogP contribution in [0.2, 0.25) is 0 Å². The number of anilines is 1. The van der Waals surface area contributed by atoms with Gasteiger partial charge in [0.2, 0.25) is 0 Å². The van der Waals surface area contributed by atoms with Crippen LogP contribution in [0.5, 0.6) is 0 Å². The summed E-state index contributed by atoms with van der Waals surface area (Å²) >= 11 is 0. The van der Waals surface area contributed by atoms with Crippen LogP contribution in [0.4, 0.5) is 24.5 Å². The fourth-order valence-corrected chi connectivity index (χ4v) is 1.67. The number of alkyl halides is 3. The molecule has 130 valence electrons. The zero-order valence-electron chi connectivity index (χ0n) is 12.3. The second-order valence-electron chi connectivity index (χ2n) is 4.43. The van der Waals surface area contributed by atoms with Crippen molar-refractivity contribution in [3.63, 3.8) is 0 Å². The number of rotatable bonds is 10. The molecule has 1 rings (SSSR count). The lowest BCUT2D eigenvalue weighted by Gasteiger charge is -2.11. The van der Waals surface area contributed by atoms with Gasteiger partial charge >= 0.3 is 6.18 Å². The zero-order valence-corrected chi connectivity index (χ0v) is 12.3. The fraction of sp³-hybridized carbons (Fsp3) is 0.538. The van der Waals surface area contributed by atoms with Gasteiger partial charge in [0.25, 0.3) is 5.69 Å². The Labute approximate surface area is 130 Å². The predicted molar refractivity (Wildman–Crippen MR) is 77.3 cm³/mol. The van der Waals surface area contributed by atoms with Crippen molar-refractivity contribution >= 4 is 11.4 Å². The van der Waals surface area contributed by atoms with E-state index in [1.54, 1.807) is 0 Å². The maximum absolute atomic E-state index is 12.6. The van der Waals surface area contributed by atoms with Crippen molar-refractivity contribution < 1.29 is 27.6 Å². The highest BCUT2D eigenvalue weighted by atomic mass is 19.4. The van der Waals surface area contributed by atoms with Gasteiger partial charge in [0.1, 0.15) is 5.69 Å². The Bertz CT molecular complexity index is 512. The molecule has 0 aliphatic heterocycles. The van der Waals surface area contributed by atoms with Crippen molar-refractivity contribution in [2.45, 2.75) is 6.18 Å². The number of ether oxygens (including phenoxy) is 2. The highest BCUT2D eigenvalue weighted by Gasteiger charge is 2.32. The summed E-state index contributed by atoms with van der Waals surface area (Å²) in [6.07, 6.45) is -4.63. The van der Waals surface area contributed by atoms with Gasteiger partial charge in [-0.1, -0.05) is 0 Å². The molecule has 0 aliphatic carbocycles. The second kappa shape index (κ2) is 9.28. The first-order valence-corrected chi connectivity index (χ1v) is 6.81. The zero-order chi connectivity index (χ0) is 17.3. The van der Waals surface area contributed by atoms with Crippen molar-refractivity contribution in [2.75, 3.05) is 44.8 Å². The van der Waals surface area contributed by atoms with Gasteiger partial charge < -0.3 is 20.5 Å². The van der Waals surface area contributed by atoms with E-state index in [2.05, 4.69) is 5.32 Å². The molecule has 0 fully saturated rings. The minimum Gasteiger partial charge on any atom is -0.378 e. The molecule has 3 N–H and O–H groups in total. The highest BCUT2D eigenvalue weighted by molar-refractivity contribution is 5.62. The largest absolute Gasteiger partial charge is 0.416 e. The normalized spacial score (nSPS) is 11.5. The fourth-order valence-electron chi connectivity index (χ4n) is 1.67. The number of nitrogens with zero attached hydrogens (tertiary/aromatic N) is 1. The quantitative estimate of drug-likeness (QED) is 0.385. The van der Waals surface area contributed by atoms with E-state index < -0.39 is 22.4 Å². The van der Waals surface area contributed by atoms with Crippen LogP contribution in [0.3, 0.4) is 0 Å². The monoisotopic (exact) mass is 337 g/mol. The van der Waals surface area contributed by atoms with Crippen molar-refractivity contribution in [3.05, 3.63) is 33.9 Å². The summed E-state index contributed by atoms with van der Waals surface area (Å²) < 4.78 is 48.0. The molecule has 1 aromatic carbocycles. The standard InChI is InChI=1S/C13H18F3N3O4/c14-13(15,16)10-1-2-11(12(9-10)19(20)21)18-4-6-23-8-7-22-5-3-17/h1-2,9,18H,3-8,17H2. The molecule has 7 nitrogen and oxygen atoms in total. The number of benzene rings is 1. The van der Waals surface area contributed by atoms with Gasteiger partial charge in [0, 0.05) is 19.2 Å². The third kappa shape index (κ3) is 6.80. The maximum atomic E-state index is 12.6. The highest BCUT2D eigenvalue weighted by Crippen LogP contribution is 2.34. The summed E-state index contributed by atoms with van der Waals surface area (Å²) in [4.78, 5) is 10.0. The van der Waals surface area contributed by atoms with Crippen LogP contribution in [-0.2, 0) is 15.7 Å². The topological polar surface area (TPSA) is 99.7 Å². The van der Waals surface area contributed by atoms with Crippen LogP contribution in [0.25, 0.3) is 0 Å². The van der Waals surface area contributed by atoms with Gasteiger partial charge in [0.05, 0.1) is 36.9 Å². The van der Waals surface area contributed by atoms with Crippen LogP contribution in [0.15, 0.2) is 18.2 Å². The van der Waals surface area contributed by atoms with E-state index in [9.17, 15) is 23.3 Å². The number of hydrogen-bond acceptors (Lipinski definition) is 6. The van der Waals surface area contributed by atoms with Gasteiger partial charge in [0.15, 0.2) is 0 Å². The lowest BCUT2D eigenvalue weighted by atomic mass is 10.1. The molecule has 0 saturated carbocycles. The minimum atomic E-state index is -4.63. The summed E-state index contributed by atoms with van der Waals surface area (Å²) in [5.74, 6) is 0. The van der Waals surface area contributed by atoms with Crippen molar-refractivity contribution in [1.82, 2.24) is 0 Å². The summed E-state index contributed by atoms with van der Waals surface area (Å²) in [7, 11) is 0. The Morgan fingerprint density at radius 3 is 2.39 bits per heavy atom. The molecule has 0 bridgehead atoms. The molecule has 0 saturated heterocycles. The third-order valence-corrected chi connectivity index (χ3v) is 2.72. The van der Waals surface area contributed by atoms with Crippen LogP contribution in [0.1, 0.15) is 5.56 Å². The first-order chi connectivity index (χ1) is 10.9. The van der Waals surface area contributed by atoms with E-state index >= 15 is 0 Å². The number of nitrogens with two attached hydrogens (primary N) is 1. The lowest BCUT2D eigenvalue weighted by Crippen LogP contribution is -2.15. The number of hydrogen-bond donors (Lipinski definition) is 2. The van der Waals surface area contributed by atoms with Crippen molar-refractivity contribution in [3.8, 4) is 0 Å². The first kappa shape index (κ1) is 19.1. The predicted octanol–water partition coefficient (Wildman–Crippen LogP) is 2.02. The van der Waals surface area contributed by atoms with E-state index in [0.29, 0.717) is 32.4 Å². The SMILES string of the molecule is NCCOCCOCCNc1ccc(C(F)(F)F)cc1[N+](=O)[O-]. The minimum absolute atomic E-state index is 0.00554. The van der Waals surface area contributed by atoms with Gasteiger partial charge in [-0.25, -0.2) is 0 Å². The molecule has 23 heavy (non-hydrogen) atoms. The molecular weight excluding hydrogens is 319 g/mol. The van der Waals surface area contributed by atoms with Crippen molar-refractivity contribution in [2.24, 2.45) is 5.73 Å². The first-order valence-electron chi connectivity index (χ1n) is 6.81. The molecule has 1 aromatic rings. The van der Waals surface area contributed by atoms with Crippen LogP contribution >= 0.6 is 0 Å². The molecular formula is C13H18F3N3O4. The smallest absolute Gasteiger partial charge is 0.378 e. The molecule has 0 radical (unpaired) electrons. The van der Waals surface area contributed by atoms with E-state index in [1.165, 1.54) is 0 Å². The Balaban J connectivity index is 2.49.